The molecule has 1 unspecified atom stereocenters. The summed E-state index contributed by atoms with van der Waals surface area (Å²) < 4.78 is 10.8. The predicted molar refractivity (Wildman–Crippen MR) is 84.9 cm³/mol. The fourth-order valence-corrected chi connectivity index (χ4v) is 3.08. The largest absolute Gasteiger partial charge is 0.382 e. The van der Waals surface area contributed by atoms with E-state index in [9.17, 15) is 0 Å². The van der Waals surface area contributed by atoms with Gasteiger partial charge in [0.2, 0.25) is 0 Å². The molecule has 1 aliphatic heterocycles. The summed E-state index contributed by atoms with van der Waals surface area (Å²) in [6.07, 6.45) is 3.09. The molecule has 1 fully saturated rings. The molecule has 0 bridgehead atoms. The van der Waals surface area contributed by atoms with Crippen LogP contribution in [0.5, 0.6) is 0 Å². The Morgan fingerprint density at radius 1 is 1.67 bits per heavy atom. The Balaban J connectivity index is 1.87. The van der Waals surface area contributed by atoms with Crippen molar-refractivity contribution in [2.75, 3.05) is 40.5 Å². The molecule has 118 valence electrons. The lowest BCUT2D eigenvalue weighted by Gasteiger charge is -2.34. The van der Waals surface area contributed by atoms with Crippen LogP contribution in [0.3, 0.4) is 0 Å². The van der Waals surface area contributed by atoms with E-state index in [0.717, 1.165) is 30.5 Å². The number of nitrogens with one attached hydrogen (secondary N) is 1. The van der Waals surface area contributed by atoms with Crippen molar-refractivity contribution in [3.8, 4) is 0 Å². The van der Waals surface area contributed by atoms with Crippen LogP contribution in [0, 0.1) is 0 Å². The van der Waals surface area contributed by atoms with Crippen LogP contribution in [0.25, 0.3) is 0 Å². The molecule has 6 nitrogen and oxygen atoms in total. The standard InChI is InChI=1S/C14H24N4O2S/c1-4-12-7-16-13(21-12)8-17-14(15-2)18-5-6-20-11(9-18)10-19-3/h7,11H,4-6,8-10H2,1-3H3,(H,15,17). The number of methoxy groups -OCH3 is 1. The van der Waals surface area contributed by atoms with Crippen LogP contribution >= 0.6 is 11.3 Å². The first-order valence-corrected chi connectivity index (χ1v) is 8.08. The van der Waals surface area contributed by atoms with Gasteiger partial charge in [-0.25, -0.2) is 4.98 Å². The highest BCUT2D eigenvalue weighted by Gasteiger charge is 2.22. The van der Waals surface area contributed by atoms with Gasteiger partial charge in [0.1, 0.15) is 5.01 Å². The zero-order valence-corrected chi connectivity index (χ0v) is 13.8. The monoisotopic (exact) mass is 312 g/mol. The zero-order chi connectivity index (χ0) is 15.1. The molecule has 1 aliphatic rings. The number of nitrogens with zero attached hydrogens (tertiary/aromatic N) is 3. The fraction of sp³-hybridized carbons (Fsp3) is 0.714. The van der Waals surface area contributed by atoms with Gasteiger partial charge in [0.15, 0.2) is 5.96 Å². The molecule has 1 aromatic rings. The molecule has 2 rings (SSSR count). The number of ether oxygens (including phenoxy) is 2. The van der Waals surface area contributed by atoms with E-state index in [1.165, 1.54) is 4.88 Å². The third-order valence-corrected chi connectivity index (χ3v) is 4.49. The van der Waals surface area contributed by atoms with E-state index in [0.29, 0.717) is 19.8 Å². The maximum absolute atomic E-state index is 5.66. The van der Waals surface area contributed by atoms with Crippen LogP contribution in [-0.4, -0.2) is 62.4 Å². The summed E-state index contributed by atoms with van der Waals surface area (Å²) in [5, 5.41) is 4.48. The zero-order valence-electron chi connectivity index (χ0n) is 13.0. The summed E-state index contributed by atoms with van der Waals surface area (Å²) in [4.78, 5) is 12.3. The van der Waals surface area contributed by atoms with E-state index < -0.39 is 0 Å². The summed E-state index contributed by atoms with van der Waals surface area (Å²) in [6, 6.07) is 0. The van der Waals surface area contributed by atoms with Gasteiger partial charge in [0.05, 0.1) is 25.9 Å². The van der Waals surface area contributed by atoms with Crippen molar-refractivity contribution in [1.29, 1.82) is 0 Å². The molecule has 1 atom stereocenters. The fourth-order valence-electron chi connectivity index (χ4n) is 2.28. The van der Waals surface area contributed by atoms with E-state index in [1.807, 2.05) is 13.2 Å². The van der Waals surface area contributed by atoms with Gasteiger partial charge in [0.25, 0.3) is 0 Å². The number of thiazole rings is 1. The highest BCUT2D eigenvalue weighted by atomic mass is 32.1. The highest BCUT2D eigenvalue weighted by Crippen LogP contribution is 2.13. The Labute approximate surface area is 130 Å². The number of morpholine rings is 1. The van der Waals surface area contributed by atoms with Crippen molar-refractivity contribution in [3.05, 3.63) is 16.1 Å². The van der Waals surface area contributed by atoms with Crippen LogP contribution < -0.4 is 5.32 Å². The molecular weight excluding hydrogens is 288 g/mol. The summed E-state index contributed by atoms with van der Waals surface area (Å²) in [5.74, 6) is 0.896. The van der Waals surface area contributed by atoms with Crippen LogP contribution in [-0.2, 0) is 22.4 Å². The van der Waals surface area contributed by atoms with Crippen molar-refractivity contribution in [2.45, 2.75) is 26.0 Å². The van der Waals surface area contributed by atoms with Crippen molar-refractivity contribution in [2.24, 2.45) is 4.99 Å². The first kappa shape index (κ1) is 16.2. The Morgan fingerprint density at radius 3 is 3.19 bits per heavy atom. The first-order valence-electron chi connectivity index (χ1n) is 7.26. The van der Waals surface area contributed by atoms with E-state index >= 15 is 0 Å². The lowest BCUT2D eigenvalue weighted by molar-refractivity contribution is -0.0447. The molecule has 7 heteroatoms. The molecule has 1 N–H and O–H groups in total. The van der Waals surface area contributed by atoms with Crippen LogP contribution in [0.1, 0.15) is 16.8 Å². The molecule has 0 amide bonds. The average Bonchev–Trinajstić information content (AvgIpc) is 2.97. The van der Waals surface area contributed by atoms with Gasteiger partial charge in [-0.1, -0.05) is 6.92 Å². The number of aliphatic imine (C=N–C) groups is 1. The van der Waals surface area contributed by atoms with Crippen molar-refractivity contribution in [1.82, 2.24) is 15.2 Å². The summed E-state index contributed by atoms with van der Waals surface area (Å²) in [7, 11) is 3.51. The summed E-state index contributed by atoms with van der Waals surface area (Å²) >= 11 is 1.75. The number of guanidine groups is 1. The second-order valence-corrected chi connectivity index (χ2v) is 6.07. The molecule has 0 radical (unpaired) electrons. The van der Waals surface area contributed by atoms with Gasteiger partial charge >= 0.3 is 0 Å². The van der Waals surface area contributed by atoms with Crippen LogP contribution in [0.2, 0.25) is 0 Å². The second kappa shape index (κ2) is 8.31. The minimum absolute atomic E-state index is 0.105. The first-order chi connectivity index (χ1) is 10.3. The minimum Gasteiger partial charge on any atom is -0.382 e. The summed E-state index contributed by atoms with van der Waals surface area (Å²) in [6.45, 7) is 5.81. The van der Waals surface area contributed by atoms with Gasteiger partial charge in [0, 0.05) is 38.3 Å². The third-order valence-electron chi connectivity index (χ3n) is 3.35. The molecular formula is C14H24N4O2S. The predicted octanol–water partition coefficient (Wildman–Crippen LogP) is 1.13. The van der Waals surface area contributed by atoms with Crippen molar-refractivity contribution < 1.29 is 9.47 Å². The van der Waals surface area contributed by atoms with E-state index in [1.54, 1.807) is 18.4 Å². The van der Waals surface area contributed by atoms with Gasteiger partial charge < -0.3 is 19.7 Å². The Morgan fingerprint density at radius 2 is 2.52 bits per heavy atom. The molecule has 0 saturated carbocycles. The third kappa shape index (κ3) is 4.66. The van der Waals surface area contributed by atoms with Crippen LogP contribution in [0.4, 0.5) is 0 Å². The lowest BCUT2D eigenvalue weighted by Crippen LogP contribution is -2.51. The topological polar surface area (TPSA) is 59.0 Å². The number of aryl methyl sites for hydroxylation is 1. The maximum Gasteiger partial charge on any atom is 0.194 e. The van der Waals surface area contributed by atoms with Crippen LogP contribution in [0.15, 0.2) is 11.2 Å². The molecule has 21 heavy (non-hydrogen) atoms. The molecule has 0 aromatic carbocycles. The lowest BCUT2D eigenvalue weighted by atomic mass is 10.3. The van der Waals surface area contributed by atoms with Gasteiger partial charge in [-0.05, 0) is 6.42 Å². The Kier molecular flexibility index (Phi) is 6.41. The normalized spacial score (nSPS) is 19.9. The van der Waals surface area contributed by atoms with Crippen molar-refractivity contribution in [3.63, 3.8) is 0 Å². The Hall–Kier alpha value is -1.18. The summed E-state index contributed by atoms with van der Waals surface area (Å²) in [5.41, 5.74) is 0. The molecule has 0 spiro atoms. The second-order valence-electron chi connectivity index (χ2n) is 4.87. The maximum atomic E-state index is 5.66. The molecule has 1 saturated heterocycles. The number of hydrogen-bond acceptors (Lipinski definition) is 5. The SMILES string of the molecule is CCc1cnc(CNC(=NC)N2CCOC(COC)C2)s1. The average molecular weight is 312 g/mol. The minimum atomic E-state index is 0.105. The van der Waals surface area contributed by atoms with Gasteiger partial charge in [-0.15, -0.1) is 11.3 Å². The van der Waals surface area contributed by atoms with E-state index in [2.05, 4.69) is 27.1 Å². The van der Waals surface area contributed by atoms with Gasteiger partial charge in [-0.3, -0.25) is 4.99 Å². The highest BCUT2D eigenvalue weighted by molar-refractivity contribution is 7.11. The van der Waals surface area contributed by atoms with E-state index in [-0.39, 0.29) is 6.10 Å². The van der Waals surface area contributed by atoms with Gasteiger partial charge in [-0.2, -0.15) is 0 Å². The number of aromatic nitrogens is 1. The van der Waals surface area contributed by atoms with Crippen molar-refractivity contribution >= 4 is 17.3 Å². The number of hydrogen-bond donors (Lipinski definition) is 1. The Bertz CT molecular complexity index is 462. The smallest absolute Gasteiger partial charge is 0.194 e. The molecule has 2 heterocycles. The quantitative estimate of drug-likeness (QED) is 0.652. The number of rotatable bonds is 5. The molecule has 0 aliphatic carbocycles. The molecule has 1 aromatic heterocycles. The van der Waals surface area contributed by atoms with E-state index in [4.69, 9.17) is 9.47 Å².